The van der Waals surface area contributed by atoms with E-state index in [2.05, 4.69) is 50.8 Å². The first-order chi connectivity index (χ1) is 17.5. The van der Waals surface area contributed by atoms with Crippen LogP contribution in [0.1, 0.15) is 30.4 Å². The van der Waals surface area contributed by atoms with Crippen LogP contribution in [-0.2, 0) is 9.47 Å². The third kappa shape index (κ3) is 4.31. The Hall–Kier alpha value is -2.82. The SMILES string of the molecule is COc1nc(N2CCO[C@@H](C)C2)cc(-n2ncc3cc(C)c([C@@H]4CCN(C5COC5)C[C@@H]4F)cc32)n1. The van der Waals surface area contributed by atoms with E-state index in [0.29, 0.717) is 25.0 Å². The molecule has 0 amide bonds. The van der Waals surface area contributed by atoms with Crippen LogP contribution in [0.15, 0.2) is 24.4 Å². The van der Waals surface area contributed by atoms with E-state index < -0.39 is 6.17 Å². The summed E-state index contributed by atoms with van der Waals surface area (Å²) in [5, 5.41) is 5.65. The number of aryl methyl sites for hydroxylation is 1. The van der Waals surface area contributed by atoms with E-state index in [4.69, 9.17) is 14.2 Å². The van der Waals surface area contributed by atoms with Crippen molar-refractivity contribution in [2.24, 2.45) is 0 Å². The predicted octanol–water partition coefficient (Wildman–Crippen LogP) is 2.88. The number of aromatic nitrogens is 4. The molecule has 1 aromatic carbocycles. The fraction of sp³-hybridized carbons (Fsp3) is 0.577. The van der Waals surface area contributed by atoms with Gasteiger partial charge in [0, 0.05) is 37.0 Å². The molecule has 0 aliphatic carbocycles. The molecule has 9 nitrogen and oxygen atoms in total. The highest BCUT2D eigenvalue weighted by molar-refractivity contribution is 5.82. The molecule has 3 atom stereocenters. The van der Waals surface area contributed by atoms with E-state index in [1.165, 1.54) is 0 Å². The van der Waals surface area contributed by atoms with E-state index in [1.54, 1.807) is 7.11 Å². The van der Waals surface area contributed by atoms with Gasteiger partial charge in [-0.15, -0.1) is 0 Å². The van der Waals surface area contributed by atoms with Crippen LogP contribution in [0.25, 0.3) is 16.7 Å². The summed E-state index contributed by atoms with van der Waals surface area (Å²) in [6.07, 6.45) is 1.83. The number of nitrogens with zero attached hydrogens (tertiary/aromatic N) is 6. The molecule has 0 N–H and O–H groups in total. The summed E-state index contributed by atoms with van der Waals surface area (Å²) in [4.78, 5) is 13.6. The Morgan fingerprint density at radius 1 is 1.08 bits per heavy atom. The summed E-state index contributed by atoms with van der Waals surface area (Å²) < 4.78 is 33.7. The Morgan fingerprint density at radius 3 is 2.64 bits per heavy atom. The average molecular weight is 497 g/mol. The molecule has 3 aliphatic rings. The quantitative estimate of drug-likeness (QED) is 0.534. The fourth-order valence-electron chi connectivity index (χ4n) is 5.62. The molecule has 0 bridgehead atoms. The number of hydrogen-bond acceptors (Lipinski definition) is 8. The molecular weight excluding hydrogens is 463 g/mol. The van der Waals surface area contributed by atoms with Gasteiger partial charge in [0.1, 0.15) is 12.0 Å². The zero-order chi connectivity index (χ0) is 24.8. The molecule has 0 spiro atoms. The van der Waals surface area contributed by atoms with Crippen LogP contribution in [0.2, 0.25) is 0 Å². The van der Waals surface area contributed by atoms with Gasteiger partial charge in [0.15, 0.2) is 5.82 Å². The van der Waals surface area contributed by atoms with Crippen molar-refractivity contribution in [2.75, 3.05) is 58.0 Å². The molecule has 0 saturated carbocycles. The number of methoxy groups -OCH3 is 1. The highest BCUT2D eigenvalue weighted by atomic mass is 19.1. The summed E-state index contributed by atoms with van der Waals surface area (Å²) in [5.74, 6) is 1.26. The lowest BCUT2D eigenvalue weighted by Gasteiger charge is -2.43. The molecule has 3 saturated heterocycles. The number of halogens is 1. The van der Waals surface area contributed by atoms with Gasteiger partial charge < -0.3 is 19.1 Å². The molecule has 10 heteroatoms. The van der Waals surface area contributed by atoms with Crippen molar-refractivity contribution in [3.63, 3.8) is 0 Å². The average Bonchev–Trinajstić information content (AvgIpc) is 3.25. The van der Waals surface area contributed by atoms with Gasteiger partial charge in [-0.2, -0.15) is 15.1 Å². The van der Waals surface area contributed by atoms with E-state index in [0.717, 1.165) is 67.1 Å². The van der Waals surface area contributed by atoms with Crippen molar-refractivity contribution in [3.05, 3.63) is 35.5 Å². The number of fused-ring (bicyclic) bond motifs is 1. The monoisotopic (exact) mass is 496 g/mol. The Kier molecular flexibility index (Phi) is 6.27. The molecule has 3 aromatic rings. The Balaban J connectivity index is 1.34. The van der Waals surface area contributed by atoms with Crippen molar-refractivity contribution in [2.45, 2.75) is 44.5 Å². The maximum absolute atomic E-state index is 15.5. The number of ether oxygens (including phenoxy) is 3. The number of piperidine rings is 1. The molecule has 192 valence electrons. The molecule has 36 heavy (non-hydrogen) atoms. The van der Waals surface area contributed by atoms with Crippen LogP contribution in [0.3, 0.4) is 0 Å². The van der Waals surface area contributed by atoms with Crippen LogP contribution in [0.4, 0.5) is 10.2 Å². The van der Waals surface area contributed by atoms with Crippen molar-refractivity contribution < 1.29 is 18.6 Å². The second-order valence-electron chi connectivity index (χ2n) is 10.1. The lowest BCUT2D eigenvalue weighted by molar-refractivity contribution is -0.0807. The van der Waals surface area contributed by atoms with Crippen molar-refractivity contribution in [3.8, 4) is 11.8 Å². The van der Waals surface area contributed by atoms with Gasteiger partial charge in [0.2, 0.25) is 0 Å². The van der Waals surface area contributed by atoms with Gasteiger partial charge in [-0.3, -0.25) is 4.90 Å². The predicted molar refractivity (Wildman–Crippen MR) is 134 cm³/mol. The van der Waals surface area contributed by atoms with Gasteiger partial charge >= 0.3 is 6.01 Å². The van der Waals surface area contributed by atoms with E-state index >= 15 is 4.39 Å². The lowest BCUT2D eigenvalue weighted by Crippen LogP contribution is -2.54. The summed E-state index contributed by atoms with van der Waals surface area (Å²) >= 11 is 0. The second kappa shape index (κ2) is 9.57. The minimum atomic E-state index is -0.916. The smallest absolute Gasteiger partial charge is 0.320 e. The first-order valence-corrected chi connectivity index (χ1v) is 12.7. The van der Waals surface area contributed by atoms with Crippen LogP contribution < -0.4 is 9.64 Å². The number of hydrogen-bond donors (Lipinski definition) is 0. The number of likely N-dealkylation sites (tertiary alicyclic amines) is 1. The highest BCUT2D eigenvalue weighted by Crippen LogP contribution is 2.36. The van der Waals surface area contributed by atoms with Crippen LogP contribution in [0, 0.1) is 6.92 Å². The normalized spacial score (nSPS) is 25.8. The van der Waals surface area contributed by atoms with Crippen molar-refractivity contribution >= 4 is 16.7 Å². The van der Waals surface area contributed by atoms with Crippen LogP contribution in [0.5, 0.6) is 6.01 Å². The van der Waals surface area contributed by atoms with Crippen molar-refractivity contribution in [1.29, 1.82) is 0 Å². The van der Waals surface area contributed by atoms with Gasteiger partial charge in [0.05, 0.1) is 50.8 Å². The zero-order valence-electron chi connectivity index (χ0n) is 21.1. The van der Waals surface area contributed by atoms with E-state index in [9.17, 15) is 0 Å². The first-order valence-electron chi connectivity index (χ1n) is 12.7. The lowest BCUT2D eigenvalue weighted by atomic mass is 9.84. The Morgan fingerprint density at radius 2 is 1.92 bits per heavy atom. The molecule has 0 unspecified atom stereocenters. The van der Waals surface area contributed by atoms with Gasteiger partial charge in [-0.25, -0.2) is 9.07 Å². The number of anilines is 1. The van der Waals surface area contributed by atoms with E-state index in [-0.39, 0.29) is 18.0 Å². The molecule has 0 radical (unpaired) electrons. The van der Waals surface area contributed by atoms with Crippen LogP contribution in [-0.4, -0.2) is 96.1 Å². The molecule has 3 aliphatic heterocycles. The summed E-state index contributed by atoms with van der Waals surface area (Å²) in [7, 11) is 1.57. The summed E-state index contributed by atoms with van der Waals surface area (Å²) in [6.45, 7) is 9.04. The molecule has 6 rings (SSSR count). The maximum Gasteiger partial charge on any atom is 0.320 e. The number of morpholine rings is 1. The van der Waals surface area contributed by atoms with E-state index in [1.807, 2.05) is 16.9 Å². The molecule has 2 aromatic heterocycles. The number of alkyl halides is 1. The molecule has 5 heterocycles. The first kappa shape index (κ1) is 23.6. The largest absolute Gasteiger partial charge is 0.467 e. The maximum atomic E-state index is 15.5. The third-order valence-electron chi connectivity index (χ3n) is 7.71. The minimum Gasteiger partial charge on any atom is -0.467 e. The molecule has 3 fully saturated rings. The topological polar surface area (TPSA) is 77.8 Å². The second-order valence-corrected chi connectivity index (χ2v) is 10.1. The highest BCUT2D eigenvalue weighted by Gasteiger charge is 2.36. The van der Waals surface area contributed by atoms with Gasteiger partial charge in [-0.05, 0) is 50.1 Å². The fourth-order valence-corrected chi connectivity index (χ4v) is 5.62. The zero-order valence-corrected chi connectivity index (χ0v) is 21.1. The van der Waals surface area contributed by atoms with Gasteiger partial charge in [0.25, 0.3) is 0 Å². The number of rotatable bonds is 5. The Bertz CT molecular complexity index is 1250. The van der Waals surface area contributed by atoms with Crippen LogP contribution >= 0.6 is 0 Å². The number of benzene rings is 1. The van der Waals surface area contributed by atoms with Gasteiger partial charge in [-0.1, -0.05) is 0 Å². The minimum absolute atomic E-state index is 0.121. The summed E-state index contributed by atoms with van der Waals surface area (Å²) in [6, 6.07) is 6.79. The standard InChI is InChI=1S/C26H33FN6O3/c1-16-8-18-11-28-33(25-10-24(29-26(30-25)34-3)32-6-7-36-17(2)12-32)23(18)9-21(16)20-4-5-31(13-22(20)27)19-14-35-15-19/h8-11,17,19-20,22H,4-7,12-15H2,1-3H3/t17-,20-,22-/m0/s1. The third-order valence-corrected chi connectivity index (χ3v) is 7.71. The Labute approximate surface area is 210 Å². The summed E-state index contributed by atoms with van der Waals surface area (Å²) in [5.41, 5.74) is 3.04. The van der Waals surface area contributed by atoms with Crippen molar-refractivity contribution in [1.82, 2.24) is 24.6 Å². The molecular formula is C26H33FN6O3.